The van der Waals surface area contributed by atoms with Crippen LogP contribution in [0, 0.1) is 12.8 Å². The number of primary amides is 1. The molecule has 1 aliphatic rings. The molecule has 1 fully saturated rings. The summed E-state index contributed by atoms with van der Waals surface area (Å²) in [6.07, 6.45) is 4.60. The number of hydrogen-bond donors (Lipinski definition) is 1. The van der Waals surface area contributed by atoms with Gasteiger partial charge < -0.3 is 24.5 Å². The average Bonchev–Trinajstić information content (AvgIpc) is 3.29. The minimum atomic E-state index is -0.291. The van der Waals surface area contributed by atoms with Gasteiger partial charge in [0.25, 0.3) is 0 Å². The van der Waals surface area contributed by atoms with E-state index in [1.54, 1.807) is 24.3 Å². The van der Waals surface area contributed by atoms with E-state index in [4.69, 9.17) is 19.6 Å². The Morgan fingerprint density at radius 3 is 2.49 bits per heavy atom. The summed E-state index contributed by atoms with van der Waals surface area (Å²) >= 11 is 0. The molecule has 2 aromatic carbocycles. The molecule has 0 aliphatic carbocycles. The lowest BCUT2D eigenvalue weighted by molar-refractivity contribution is -0.130. The van der Waals surface area contributed by atoms with Crippen LogP contribution in [0.25, 0.3) is 27.7 Å². The summed E-state index contributed by atoms with van der Waals surface area (Å²) in [5.74, 6) is 0.972. The Morgan fingerprint density at radius 1 is 1.20 bits per heavy atom. The van der Waals surface area contributed by atoms with Crippen LogP contribution < -0.4 is 15.2 Å². The fourth-order valence-electron chi connectivity index (χ4n) is 4.73. The number of carbonyl (C=O) groups excluding carboxylic acids is 2. The zero-order valence-corrected chi connectivity index (χ0v) is 20.7. The number of methoxy groups -OCH3 is 1. The van der Waals surface area contributed by atoms with Gasteiger partial charge in [-0.2, -0.15) is 0 Å². The predicted molar refractivity (Wildman–Crippen MR) is 136 cm³/mol. The van der Waals surface area contributed by atoms with E-state index in [1.807, 2.05) is 51.1 Å². The molecule has 1 aliphatic heterocycles. The van der Waals surface area contributed by atoms with Crippen LogP contribution in [-0.4, -0.2) is 43.5 Å². The van der Waals surface area contributed by atoms with Crippen LogP contribution in [0.15, 0.2) is 47.1 Å². The molecule has 184 valence electrons. The van der Waals surface area contributed by atoms with E-state index in [0.29, 0.717) is 38.3 Å². The maximum absolute atomic E-state index is 13.0. The lowest BCUT2D eigenvalue weighted by Crippen LogP contribution is -2.41. The average molecular weight is 477 g/mol. The maximum Gasteiger partial charge on any atom is 0.246 e. The largest absolute Gasteiger partial charge is 0.496 e. The van der Waals surface area contributed by atoms with E-state index in [2.05, 4.69) is 0 Å². The minimum Gasteiger partial charge on any atom is -0.496 e. The number of nitrogens with zero attached hydrogens (tertiary/aromatic N) is 1. The smallest absolute Gasteiger partial charge is 0.246 e. The molecular formula is C28H32N2O5. The number of amides is 2. The molecule has 2 N–H and O–H groups in total. The van der Waals surface area contributed by atoms with Crippen molar-refractivity contribution in [1.29, 1.82) is 0 Å². The van der Waals surface area contributed by atoms with E-state index in [0.717, 1.165) is 44.5 Å². The third-order valence-electron chi connectivity index (χ3n) is 6.70. The van der Waals surface area contributed by atoms with Crippen LogP contribution in [0.1, 0.15) is 37.8 Å². The van der Waals surface area contributed by atoms with Gasteiger partial charge in [-0.25, -0.2) is 0 Å². The van der Waals surface area contributed by atoms with Crippen molar-refractivity contribution in [3.8, 4) is 22.6 Å². The molecule has 7 heteroatoms. The normalized spacial score (nSPS) is 14.9. The number of aryl methyl sites for hydroxylation is 1. The number of fused-ring (bicyclic) bond motifs is 1. The number of piperidine rings is 1. The van der Waals surface area contributed by atoms with Crippen LogP contribution >= 0.6 is 0 Å². The van der Waals surface area contributed by atoms with E-state index in [-0.39, 0.29) is 17.7 Å². The fourth-order valence-corrected chi connectivity index (χ4v) is 4.73. The maximum atomic E-state index is 13.0. The number of carbonyl (C=O) groups is 2. The molecule has 0 unspecified atom stereocenters. The standard InChI is InChI=1S/C28H32N2O5/c1-5-34-21-8-6-19(7-9-21)24-16-35-27-18(3)26(33-4)22(15-23(24)27)17(2)14-25(31)30-12-10-20(11-13-30)28(29)32/h6-9,14-16,20H,5,10-13H2,1-4H3,(H2,29,32)/b17-14+. The van der Waals surface area contributed by atoms with Crippen molar-refractivity contribution in [3.05, 3.63) is 53.8 Å². The zero-order valence-electron chi connectivity index (χ0n) is 20.7. The van der Waals surface area contributed by atoms with E-state index in [1.165, 1.54) is 0 Å². The summed E-state index contributed by atoms with van der Waals surface area (Å²) in [5, 5.41) is 0.949. The highest BCUT2D eigenvalue weighted by atomic mass is 16.5. The van der Waals surface area contributed by atoms with Crippen LogP contribution in [0.4, 0.5) is 0 Å². The molecule has 0 saturated carbocycles. The van der Waals surface area contributed by atoms with Crippen molar-refractivity contribution >= 4 is 28.4 Å². The summed E-state index contributed by atoms with van der Waals surface area (Å²) in [7, 11) is 1.62. The van der Waals surface area contributed by atoms with Gasteiger partial charge in [0, 0.05) is 47.2 Å². The highest BCUT2D eigenvalue weighted by Gasteiger charge is 2.25. The van der Waals surface area contributed by atoms with E-state index < -0.39 is 0 Å². The Bertz CT molecular complexity index is 1260. The monoisotopic (exact) mass is 476 g/mol. The molecule has 35 heavy (non-hydrogen) atoms. The fraction of sp³-hybridized carbons (Fsp3) is 0.357. The summed E-state index contributed by atoms with van der Waals surface area (Å²) in [6.45, 7) is 7.49. The Morgan fingerprint density at radius 2 is 1.89 bits per heavy atom. The first kappa shape index (κ1) is 24.4. The number of hydrogen-bond acceptors (Lipinski definition) is 5. The van der Waals surface area contributed by atoms with Crippen molar-refractivity contribution in [2.45, 2.75) is 33.6 Å². The molecule has 2 amide bonds. The predicted octanol–water partition coefficient (Wildman–Crippen LogP) is 4.94. The molecule has 0 atom stereocenters. The SMILES string of the molecule is CCOc1ccc(-c2coc3c(C)c(OC)c(/C(C)=C/C(=O)N4CCC(C(N)=O)CC4)cc23)cc1. The molecule has 2 heterocycles. The first-order valence-electron chi connectivity index (χ1n) is 11.9. The Labute approximate surface area is 205 Å². The first-order chi connectivity index (χ1) is 16.8. The van der Waals surface area contributed by atoms with Gasteiger partial charge in [-0.3, -0.25) is 9.59 Å². The van der Waals surface area contributed by atoms with Gasteiger partial charge in [0.05, 0.1) is 20.0 Å². The topological polar surface area (TPSA) is 95.0 Å². The number of nitrogens with two attached hydrogens (primary N) is 1. The van der Waals surface area contributed by atoms with Gasteiger partial charge in [0.1, 0.15) is 17.1 Å². The van der Waals surface area contributed by atoms with Crippen LogP contribution in [0.5, 0.6) is 11.5 Å². The molecule has 1 aromatic heterocycles. The Hall–Kier alpha value is -3.74. The Kier molecular flexibility index (Phi) is 7.15. The molecule has 7 nitrogen and oxygen atoms in total. The molecule has 0 radical (unpaired) electrons. The summed E-state index contributed by atoms with van der Waals surface area (Å²) in [4.78, 5) is 26.2. The number of allylic oxidation sites excluding steroid dienone is 1. The first-order valence-corrected chi connectivity index (χ1v) is 11.9. The van der Waals surface area contributed by atoms with Crippen molar-refractivity contribution in [1.82, 2.24) is 4.90 Å². The van der Waals surface area contributed by atoms with Crippen LogP contribution in [0.2, 0.25) is 0 Å². The number of likely N-dealkylation sites (tertiary alicyclic amines) is 1. The third-order valence-corrected chi connectivity index (χ3v) is 6.70. The quantitative estimate of drug-likeness (QED) is 0.487. The lowest BCUT2D eigenvalue weighted by atomic mass is 9.95. The number of furan rings is 1. The van der Waals surface area contributed by atoms with Gasteiger partial charge in [-0.1, -0.05) is 12.1 Å². The van der Waals surface area contributed by atoms with Gasteiger partial charge in [-0.15, -0.1) is 0 Å². The minimum absolute atomic E-state index is 0.0795. The summed E-state index contributed by atoms with van der Waals surface area (Å²) in [6, 6.07) is 9.93. The molecule has 0 bridgehead atoms. The second-order valence-electron chi connectivity index (χ2n) is 8.90. The van der Waals surface area contributed by atoms with Gasteiger partial charge in [0.15, 0.2) is 0 Å². The molecule has 0 spiro atoms. The molecule has 3 aromatic rings. The number of rotatable bonds is 7. The number of ether oxygens (including phenoxy) is 2. The van der Waals surface area contributed by atoms with Gasteiger partial charge >= 0.3 is 0 Å². The number of benzene rings is 2. The molecular weight excluding hydrogens is 444 g/mol. The second kappa shape index (κ2) is 10.3. The zero-order chi connectivity index (χ0) is 25.1. The van der Waals surface area contributed by atoms with Crippen LogP contribution in [0.3, 0.4) is 0 Å². The van der Waals surface area contributed by atoms with Crippen molar-refractivity contribution in [3.63, 3.8) is 0 Å². The highest BCUT2D eigenvalue weighted by Crippen LogP contribution is 2.41. The Balaban J connectivity index is 1.68. The highest BCUT2D eigenvalue weighted by molar-refractivity contribution is 6.01. The van der Waals surface area contributed by atoms with Gasteiger partial charge in [-0.05, 0) is 62.9 Å². The lowest BCUT2D eigenvalue weighted by Gasteiger charge is -2.30. The van der Waals surface area contributed by atoms with Crippen molar-refractivity contribution in [2.24, 2.45) is 11.7 Å². The summed E-state index contributed by atoms with van der Waals surface area (Å²) < 4.78 is 17.3. The van der Waals surface area contributed by atoms with Crippen molar-refractivity contribution < 1.29 is 23.5 Å². The van der Waals surface area contributed by atoms with E-state index in [9.17, 15) is 9.59 Å². The molecule has 4 rings (SSSR count). The molecule has 1 saturated heterocycles. The van der Waals surface area contributed by atoms with Crippen LogP contribution in [-0.2, 0) is 9.59 Å². The van der Waals surface area contributed by atoms with Crippen molar-refractivity contribution in [2.75, 3.05) is 26.8 Å². The van der Waals surface area contributed by atoms with Gasteiger partial charge in [0.2, 0.25) is 11.8 Å². The second-order valence-corrected chi connectivity index (χ2v) is 8.90. The summed E-state index contributed by atoms with van der Waals surface area (Å²) in [5.41, 5.74) is 10.7. The van der Waals surface area contributed by atoms with E-state index >= 15 is 0 Å². The third kappa shape index (κ3) is 4.90.